The zero-order valence-electron chi connectivity index (χ0n) is 13.3. The van der Waals surface area contributed by atoms with E-state index in [1.807, 2.05) is 13.1 Å². The van der Waals surface area contributed by atoms with E-state index in [9.17, 15) is 0 Å². The summed E-state index contributed by atoms with van der Waals surface area (Å²) in [6.07, 6.45) is 3.49. The first kappa shape index (κ1) is 15.5. The van der Waals surface area contributed by atoms with Gasteiger partial charge in [-0.2, -0.15) is 0 Å². The highest BCUT2D eigenvalue weighted by molar-refractivity contribution is 5.41. The van der Waals surface area contributed by atoms with Crippen molar-refractivity contribution in [1.29, 1.82) is 0 Å². The van der Waals surface area contributed by atoms with E-state index in [1.165, 1.54) is 11.1 Å². The van der Waals surface area contributed by atoms with E-state index in [-0.39, 0.29) is 6.04 Å². The summed E-state index contributed by atoms with van der Waals surface area (Å²) in [5, 5.41) is 0. The summed E-state index contributed by atoms with van der Waals surface area (Å²) in [6.45, 7) is 6.19. The molecule has 0 saturated carbocycles. The normalized spacial score (nSPS) is 12.2. The monoisotopic (exact) mass is 284 g/mol. The van der Waals surface area contributed by atoms with Gasteiger partial charge in [-0.3, -0.25) is 4.98 Å². The lowest BCUT2D eigenvalue weighted by Gasteiger charge is -2.16. The van der Waals surface area contributed by atoms with E-state index in [1.54, 1.807) is 7.11 Å². The van der Waals surface area contributed by atoms with E-state index < -0.39 is 0 Å². The molecule has 0 amide bonds. The molecule has 2 rings (SSSR count). The highest BCUT2D eigenvalue weighted by Crippen LogP contribution is 2.24. The van der Waals surface area contributed by atoms with Gasteiger partial charge < -0.3 is 10.5 Å². The average molecular weight is 284 g/mol. The predicted molar refractivity (Wildman–Crippen MR) is 86.8 cm³/mol. The lowest BCUT2D eigenvalue weighted by molar-refractivity contribution is 0.406. The summed E-state index contributed by atoms with van der Waals surface area (Å²) < 4.78 is 5.45. The number of aromatic nitrogens is 1. The molecule has 0 saturated heterocycles. The van der Waals surface area contributed by atoms with Crippen molar-refractivity contribution < 1.29 is 4.74 Å². The van der Waals surface area contributed by atoms with Crippen molar-refractivity contribution in [3.05, 3.63) is 58.4 Å². The molecule has 1 heterocycles. The highest BCUT2D eigenvalue weighted by atomic mass is 16.5. The Bertz CT molecular complexity index is 623. The molecule has 3 nitrogen and oxygen atoms in total. The van der Waals surface area contributed by atoms with Crippen molar-refractivity contribution in [3.8, 4) is 5.75 Å². The third-order valence-corrected chi connectivity index (χ3v) is 3.95. The van der Waals surface area contributed by atoms with Crippen LogP contribution < -0.4 is 10.5 Å². The van der Waals surface area contributed by atoms with E-state index >= 15 is 0 Å². The molecule has 0 fully saturated rings. The second-order valence-electron chi connectivity index (χ2n) is 5.64. The van der Waals surface area contributed by atoms with E-state index in [0.29, 0.717) is 0 Å². The summed E-state index contributed by atoms with van der Waals surface area (Å²) in [5.41, 5.74) is 12.1. The Kier molecular flexibility index (Phi) is 4.97. The van der Waals surface area contributed by atoms with Crippen LogP contribution in [-0.4, -0.2) is 18.1 Å². The number of rotatable bonds is 5. The molecule has 3 heteroatoms. The molecule has 1 aromatic heterocycles. The van der Waals surface area contributed by atoms with Crippen LogP contribution in [0.2, 0.25) is 0 Å². The van der Waals surface area contributed by atoms with Gasteiger partial charge in [0.1, 0.15) is 5.75 Å². The van der Waals surface area contributed by atoms with E-state index in [2.05, 4.69) is 43.1 Å². The fourth-order valence-corrected chi connectivity index (χ4v) is 2.72. The SMILES string of the molecule is COc1c(C)cnc(CC(N)Cc2ccccc2C)c1C. The summed E-state index contributed by atoms with van der Waals surface area (Å²) in [6, 6.07) is 8.45. The molecule has 0 aliphatic carbocycles. The Labute approximate surface area is 127 Å². The molecule has 0 aliphatic rings. The first-order valence-electron chi connectivity index (χ1n) is 7.32. The van der Waals surface area contributed by atoms with Gasteiger partial charge in [-0.05, 0) is 38.3 Å². The molecule has 1 atom stereocenters. The number of hydrogen-bond donors (Lipinski definition) is 1. The fraction of sp³-hybridized carbons (Fsp3) is 0.389. The first-order chi connectivity index (χ1) is 10.0. The lowest BCUT2D eigenvalue weighted by atomic mass is 9.97. The molecule has 21 heavy (non-hydrogen) atoms. The third-order valence-electron chi connectivity index (χ3n) is 3.95. The predicted octanol–water partition coefficient (Wildman–Crippen LogP) is 3.13. The number of methoxy groups -OCH3 is 1. The van der Waals surface area contributed by atoms with Crippen molar-refractivity contribution >= 4 is 0 Å². The zero-order chi connectivity index (χ0) is 15.4. The van der Waals surface area contributed by atoms with Gasteiger partial charge >= 0.3 is 0 Å². The minimum Gasteiger partial charge on any atom is -0.496 e. The molecular formula is C18H24N2O. The van der Waals surface area contributed by atoms with Gasteiger partial charge in [0, 0.05) is 35.5 Å². The Morgan fingerprint density at radius 2 is 1.81 bits per heavy atom. The van der Waals surface area contributed by atoms with Crippen LogP contribution in [0.15, 0.2) is 30.5 Å². The van der Waals surface area contributed by atoms with Gasteiger partial charge in [-0.25, -0.2) is 0 Å². The zero-order valence-corrected chi connectivity index (χ0v) is 13.3. The van der Waals surface area contributed by atoms with Gasteiger partial charge in [0.15, 0.2) is 0 Å². The smallest absolute Gasteiger partial charge is 0.128 e. The number of aryl methyl sites for hydroxylation is 2. The van der Waals surface area contributed by atoms with Gasteiger partial charge in [0.05, 0.1) is 7.11 Å². The highest BCUT2D eigenvalue weighted by Gasteiger charge is 2.13. The van der Waals surface area contributed by atoms with Crippen LogP contribution in [0.3, 0.4) is 0 Å². The number of nitrogens with zero attached hydrogens (tertiary/aromatic N) is 1. The fourth-order valence-electron chi connectivity index (χ4n) is 2.72. The molecule has 0 aliphatic heterocycles. The summed E-state index contributed by atoms with van der Waals surface area (Å²) >= 11 is 0. The van der Waals surface area contributed by atoms with Crippen molar-refractivity contribution in [2.45, 2.75) is 39.7 Å². The van der Waals surface area contributed by atoms with Crippen LogP contribution >= 0.6 is 0 Å². The molecule has 0 spiro atoms. The molecule has 2 N–H and O–H groups in total. The van der Waals surface area contributed by atoms with Gasteiger partial charge in [-0.1, -0.05) is 24.3 Å². The summed E-state index contributed by atoms with van der Waals surface area (Å²) in [5.74, 6) is 0.920. The molecule has 2 aromatic rings. The Balaban J connectivity index is 2.13. The Morgan fingerprint density at radius 3 is 2.48 bits per heavy atom. The van der Waals surface area contributed by atoms with E-state index in [4.69, 9.17) is 10.5 Å². The minimum atomic E-state index is 0.0599. The molecule has 112 valence electrons. The Morgan fingerprint density at radius 1 is 1.10 bits per heavy atom. The second kappa shape index (κ2) is 6.72. The van der Waals surface area contributed by atoms with Crippen LogP contribution in [-0.2, 0) is 12.8 Å². The molecule has 0 bridgehead atoms. The maximum absolute atomic E-state index is 6.32. The average Bonchev–Trinajstić information content (AvgIpc) is 2.45. The van der Waals surface area contributed by atoms with Gasteiger partial charge in [-0.15, -0.1) is 0 Å². The number of ether oxygens (including phenoxy) is 1. The number of hydrogen-bond acceptors (Lipinski definition) is 3. The van der Waals surface area contributed by atoms with Crippen LogP contribution in [0.25, 0.3) is 0 Å². The quantitative estimate of drug-likeness (QED) is 0.917. The van der Waals surface area contributed by atoms with Crippen LogP contribution in [0, 0.1) is 20.8 Å². The number of benzene rings is 1. The summed E-state index contributed by atoms with van der Waals surface area (Å²) in [7, 11) is 1.70. The molecular weight excluding hydrogens is 260 g/mol. The van der Waals surface area contributed by atoms with Crippen LogP contribution in [0.5, 0.6) is 5.75 Å². The topological polar surface area (TPSA) is 48.1 Å². The van der Waals surface area contributed by atoms with Gasteiger partial charge in [0.25, 0.3) is 0 Å². The van der Waals surface area contributed by atoms with Crippen molar-refractivity contribution in [2.75, 3.05) is 7.11 Å². The van der Waals surface area contributed by atoms with Crippen molar-refractivity contribution in [2.24, 2.45) is 5.73 Å². The van der Waals surface area contributed by atoms with Crippen molar-refractivity contribution in [3.63, 3.8) is 0 Å². The standard InChI is InChI=1S/C18H24N2O/c1-12-7-5-6-8-15(12)9-16(19)10-17-14(3)18(21-4)13(2)11-20-17/h5-8,11,16H,9-10,19H2,1-4H3. The largest absolute Gasteiger partial charge is 0.496 e. The maximum Gasteiger partial charge on any atom is 0.128 e. The van der Waals surface area contributed by atoms with Crippen LogP contribution in [0.4, 0.5) is 0 Å². The second-order valence-corrected chi connectivity index (χ2v) is 5.64. The molecule has 1 aromatic carbocycles. The van der Waals surface area contributed by atoms with Gasteiger partial charge in [0.2, 0.25) is 0 Å². The number of nitrogens with two attached hydrogens (primary N) is 1. The lowest BCUT2D eigenvalue weighted by Crippen LogP contribution is -2.27. The first-order valence-corrected chi connectivity index (χ1v) is 7.32. The molecule has 1 unspecified atom stereocenters. The van der Waals surface area contributed by atoms with Crippen molar-refractivity contribution in [1.82, 2.24) is 4.98 Å². The van der Waals surface area contributed by atoms with E-state index in [0.717, 1.165) is 35.4 Å². The third kappa shape index (κ3) is 3.61. The summed E-state index contributed by atoms with van der Waals surface area (Å²) in [4.78, 5) is 4.53. The number of pyridine rings is 1. The maximum atomic E-state index is 6.32. The Hall–Kier alpha value is -1.87. The minimum absolute atomic E-state index is 0.0599. The van der Waals surface area contributed by atoms with Crippen LogP contribution in [0.1, 0.15) is 27.9 Å². The molecule has 0 radical (unpaired) electrons.